The lowest BCUT2D eigenvalue weighted by Gasteiger charge is -2.15. The summed E-state index contributed by atoms with van der Waals surface area (Å²) in [6, 6.07) is 14.2. The Hall–Kier alpha value is -2.57. The van der Waals surface area contributed by atoms with Gasteiger partial charge in [0.25, 0.3) is 5.91 Å². The fraction of sp³-hybridized carbons (Fsp3) is 0.167. The van der Waals surface area contributed by atoms with Crippen LogP contribution in [0, 0.1) is 0 Å². The highest BCUT2D eigenvalue weighted by atomic mass is 35.5. The van der Waals surface area contributed by atoms with Crippen LogP contribution in [0.15, 0.2) is 53.1 Å². The minimum atomic E-state index is -0.248. The average molecular weight is 392 g/mol. The van der Waals surface area contributed by atoms with Crippen molar-refractivity contribution in [1.82, 2.24) is 15.0 Å². The number of benzene rings is 2. The van der Waals surface area contributed by atoms with Crippen LogP contribution in [0.2, 0.25) is 10.0 Å². The van der Waals surface area contributed by atoms with E-state index in [9.17, 15) is 4.79 Å². The van der Waals surface area contributed by atoms with E-state index in [1.54, 1.807) is 43.4 Å². The molecule has 2 aromatic carbocycles. The van der Waals surface area contributed by atoms with Gasteiger partial charge in [0.1, 0.15) is 5.75 Å². The van der Waals surface area contributed by atoms with E-state index in [1.807, 2.05) is 12.1 Å². The van der Waals surface area contributed by atoms with Crippen LogP contribution in [-0.2, 0) is 11.3 Å². The molecule has 8 heteroatoms. The fourth-order valence-electron chi connectivity index (χ4n) is 2.17. The third-order valence-electron chi connectivity index (χ3n) is 3.57. The predicted molar refractivity (Wildman–Crippen MR) is 98.2 cm³/mol. The van der Waals surface area contributed by atoms with E-state index in [2.05, 4.69) is 10.1 Å². The molecule has 1 heterocycles. The van der Waals surface area contributed by atoms with Crippen molar-refractivity contribution in [1.29, 1.82) is 0 Å². The topological polar surface area (TPSA) is 68.5 Å². The van der Waals surface area contributed by atoms with Crippen molar-refractivity contribution >= 4 is 29.1 Å². The van der Waals surface area contributed by atoms with Crippen molar-refractivity contribution in [3.8, 4) is 17.1 Å². The Balaban J connectivity index is 1.59. The molecule has 0 saturated carbocycles. The molecular weight excluding hydrogens is 377 g/mol. The SMILES string of the molecule is CN(Cc1nc(-c2ccccc2Cl)no1)C(=O)COc1ccccc1Cl. The van der Waals surface area contributed by atoms with Gasteiger partial charge in [0, 0.05) is 12.6 Å². The molecule has 0 fully saturated rings. The van der Waals surface area contributed by atoms with E-state index in [0.29, 0.717) is 33.1 Å². The normalized spacial score (nSPS) is 10.6. The van der Waals surface area contributed by atoms with Gasteiger partial charge in [0.15, 0.2) is 6.61 Å². The van der Waals surface area contributed by atoms with Gasteiger partial charge in [0.2, 0.25) is 11.7 Å². The summed E-state index contributed by atoms with van der Waals surface area (Å²) in [7, 11) is 1.62. The summed E-state index contributed by atoms with van der Waals surface area (Å²) in [4.78, 5) is 17.9. The molecular formula is C18H15Cl2N3O3. The number of para-hydroxylation sites is 1. The second-order valence-electron chi connectivity index (χ2n) is 5.46. The van der Waals surface area contributed by atoms with Crippen molar-refractivity contribution in [3.05, 3.63) is 64.5 Å². The maximum atomic E-state index is 12.2. The lowest BCUT2D eigenvalue weighted by molar-refractivity contribution is -0.132. The number of amides is 1. The van der Waals surface area contributed by atoms with Crippen molar-refractivity contribution in [3.63, 3.8) is 0 Å². The molecule has 134 valence electrons. The molecule has 0 aliphatic rings. The van der Waals surface area contributed by atoms with Crippen LogP contribution in [-0.4, -0.2) is 34.6 Å². The van der Waals surface area contributed by atoms with E-state index in [1.165, 1.54) is 4.90 Å². The molecule has 6 nitrogen and oxygen atoms in total. The van der Waals surface area contributed by atoms with Crippen molar-refractivity contribution in [2.45, 2.75) is 6.54 Å². The van der Waals surface area contributed by atoms with Crippen LogP contribution in [0.4, 0.5) is 0 Å². The monoisotopic (exact) mass is 391 g/mol. The van der Waals surface area contributed by atoms with Gasteiger partial charge in [-0.15, -0.1) is 0 Å². The summed E-state index contributed by atoms with van der Waals surface area (Å²) >= 11 is 12.1. The molecule has 0 aliphatic carbocycles. The fourth-order valence-corrected chi connectivity index (χ4v) is 2.58. The first-order chi connectivity index (χ1) is 12.5. The Morgan fingerprint density at radius 1 is 1.12 bits per heavy atom. The van der Waals surface area contributed by atoms with Crippen LogP contribution in [0.5, 0.6) is 5.75 Å². The number of likely N-dealkylation sites (N-methyl/N-ethyl adjacent to an activating group) is 1. The molecule has 0 aliphatic heterocycles. The number of aromatic nitrogens is 2. The highest BCUT2D eigenvalue weighted by molar-refractivity contribution is 6.33. The minimum Gasteiger partial charge on any atom is -0.482 e. The first-order valence-corrected chi connectivity index (χ1v) is 8.49. The lowest BCUT2D eigenvalue weighted by atomic mass is 10.2. The summed E-state index contributed by atoms with van der Waals surface area (Å²) in [6.45, 7) is 0.00785. The number of rotatable bonds is 6. The van der Waals surface area contributed by atoms with Crippen LogP contribution < -0.4 is 4.74 Å². The van der Waals surface area contributed by atoms with Gasteiger partial charge in [-0.25, -0.2) is 0 Å². The number of ether oxygens (including phenoxy) is 1. The first-order valence-electron chi connectivity index (χ1n) is 7.73. The lowest BCUT2D eigenvalue weighted by Crippen LogP contribution is -2.31. The second-order valence-corrected chi connectivity index (χ2v) is 6.27. The van der Waals surface area contributed by atoms with E-state index in [4.69, 9.17) is 32.5 Å². The summed E-state index contributed by atoms with van der Waals surface area (Å²) in [5.74, 6) is 0.879. The Morgan fingerprint density at radius 3 is 2.54 bits per heavy atom. The molecule has 0 N–H and O–H groups in total. The molecule has 0 bridgehead atoms. The predicted octanol–water partition coefficient (Wildman–Crippen LogP) is 4.08. The van der Waals surface area contributed by atoms with Crippen LogP contribution in [0.25, 0.3) is 11.4 Å². The average Bonchev–Trinajstić information content (AvgIpc) is 3.09. The molecule has 0 spiro atoms. The minimum absolute atomic E-state index is 0.147. The van der Waals surface area contributed by atoms with Crippen LogP contribution >= 0.6 is 23.2 Å². The Morgan fingerprint density at radius 2 is 1.81 bits per heavy atom. The summed E-state index contributed by atoms with van der Waals surface area (Å²) in [5, 5.41) is 4.88. The third kappa shape index (κ3) is 4.33. The smallest absolute Gasteiger partial charge is 0.260 e. The number of carbonyl (C=O) groups is 1. The van der Waals surface area contributed by atoms with Crippen molar-refractivity contribution in [2.24, 2.45) is 0 Å². The standard InChI is InChI=1S/C18H15Cl2N3O3/c1-23(17(24)11-25-15-9-5-4-8-14(15)20)10-16-21-18(22-26-16)12-6-2-3-7-13(12)19/h2-9H,10-11H2,1H3. The van der Waals surface area contributed by atoms with Gasteiger partial charge >= 0.3 is 0 Å². The summed E-state index contributed by atoms with van der Waals surface area (Å²) in [5.41, 5.74) is 0.667. The maximum Gasteiger partial charge on any atom is 0.260 e. The van der Waals surface area contributed by atoms with Crippen LogP contribution in [0.3, 0.4) is 0 Å². The van der Waals surface area contributed by atoms with Crippen molar-refractivity contribution in [2.75, 3.05) is 13.7 Å². The van der Waals surface area contributed by atoms with Crippen molar-refractivity contribution < 1.29 is 14.1 Å². The zero-order chi connectivity index (χ0) is 18.5. The molecule has 3 rings (SSSR count). The maximum absolute atomic E-state index is 12.2. The highest BCUT2D eigenvalue weighted by Crippen LogP contribution is 2.25. The van der Waals surface area contributed by atoms with Gasteiger partial charge in [-0.3, -0.25) is 4.79 Å². The molecule has 0 atom stereocenters. The Labute approximate surface area is 160 Å². The van der Waals surface area contributed by atoms with Gasteiger partial charge in [-0.1, -0.05) is 52.6 Å². The molecule has 0 unspecified atom stereocenters. The van der Waals surface area contributed by atoms with E-state index in [-0.39, 0.29) is 19.1 Å². The van der Waals surface area contributed by atoms with Gasteiger partial charge < -0.3 is 14.2 Å². The molecule has 1 aromatic heterocycles. The van der Waals surface area contributed by atoms with E-state index in [0.717, 1.165) is 0 Å². The molecule has 26 heavy (non-hydrogen) atoms. The highest BCUT2D eigenvalue weighted by Gasteiger charge is 2.16. The molecule has 1 amide bonds. The second kappa shape index (κ2) is 8.21. The number of hydrogen-bond donors (Lipinski definition) is 0. The van der Waals surface area contributed by atoms with Gasteiger partial charge in [0.05, 0.1) is 16.6 Å². The Bertz CT molecular complexity index is 914. The summed E-state index contributed by atoms with van der Waals surface area (Å²) in [6.07, 6.45) is 0. The zero-order valence-corrected chi connectivity index (χ0v) is 15.4. The quantitative estimate of drug-likeness (QED) is 0.632. The summed E-state index contributed by atoms with van der Waals surface area (Å²) < 4.78 is 10.6. The van der Waals surface area contributed by atoms with Crippen LogP contribution in [0.1, 0.15) is 5.89 Å². The third-order valence-corrected chi connectivity index (χ3v) is 4.21. The number of nitrogens with zero attached hydrogens (tertiary/aromatic N) is 3. The first kappa shape index (κ1) is 18.2. The molecule has 0 saturated heterocycles. The molecule has 3 aromatic rings. The molecule has 0 radical (unpaired) electrons. The number of hydrogen-bond acceptors (Lipinski definition) is 5. The largest absolute Gasteiger partial charge is 0.482 e. The number of carbonyl (C=O) groups excluding carboxylic acids is 1. The number of halogens is 2. The van der Waals surface area contributed by atoms with E-state index >= 15 is 0 Å². The van der Waals surface area contributed by atoms with Gasteiger partial charge in [-0.05, 0) is 24.3 Å². The van der Waals surface area contributed by atoms with E-state index < -0.39 is 0 Å². The zero-order valence-electron chi connectivity index (χ0n) is 13.9. The Kier molecular flexibility index (Phi) is 5.75. The van der Waals surface area contributed by atoms with Gasteiger partial charge in [-0.2, -0.15) is 4.98 Å².